The van der Waals surface area contributed by atoms with Crippen LogP contribution in [0.4, 0.5) is 2.86 Å². The molecular formula is C23H20FI9N2O2. The van der Waals surface area contributed by atoms with Crippen LogP contribution < -0.4 is 11.1 Å². The molecule has 2 aromatic heterocycles. The molecule has 0 radical (unpaired) electrons. The van der Waals surface area contributed by atoms with Crippen LogP contribution in [-0.2, 0) is 0 Å². The predicted molar refractivity (Wildman–Crippen MR) is 235 cm³/mol. The molecule has 0 saturated heterocycles. The minimum absolute atomic E-state index is 0.00583. The van der Waals surface area contributed by atoms with Crippen LogP contribution in [0.3, 0.4) is 0 Å². The number of alkyl halides is 1. The maximum absolute atomic E-state index is 11.5. The van der Waals surface area contributed by atoms with Crippen LogP contribution in [0.5, 0.6) is 0 Å². The number of halogens is 10. The number of hydrogen-bond donors (Lipinski definition) is 1. The molecule has 0 unspecified atom stereocenters. The summed E-state index contributed by atoms with van der Waals surface area (Å²) in [6, 6.07) is 26.3. The fraction of sp³-hybridized carbons (Fsp3) is 0.0435. The molecule has 37 heavy (non-hydrogen) atoms. The van der Waals surface area contributed by atoms with E-state index in [4.69, 9.17) is 0 Å². The summed E-state index contributed by atoms with van der Waals surface area (Å²) in [7, 11) is 0. The van der Waals surface area contributed by atoms with Crippen LogP contribution >= 0.6 is 167 Å². The second-order valence-corrected chi connectivity index (χ2v) is 59.6. The molecule has 204 valence electrons. The van der Waals surface area contributed by atoms with Gasteiger partial charge in [0.2, 0.25) is 5.56 Å². The molecule has 0 fully saturated rings. The minimum atomic E-state index is -1.82. The number of benzene rings is 2. The first kappa shape index (κ1) is 39.8. The van der Waals surface area contributed by atoms with Crippen LogP contribution in [-0.4, -0.2) is 14.5 Å². The number of rotatable bonds is 1. The van der Waals surface area contributed by atoms with E-state index >= 15 is 0 Å². The van der Waals surface area contributed by atoms with Gasteiger partial charge < -0.3 is 4.98 Å². The average molecular weight is 1520 g/mol. The predicted octanol–water partition coefficient (Wildman–Crippen LogP) is 11.6. The fourth-order valence-electron chi connectivity index (χ4n) is 2.05. The van der Waals surface area contributed by atoms with Gasteiger partial charge in [-0.1, -0.05) is 12.1 Å². The standard InChI is InChI=1S/C11H8INO.C6H4I2.C5H5NO.CH3I3.FI3/c12-9-4-6-10(7-5-9)13-8-2-1-3-11(13)14;7-5-1-2-6(8)4-3-5;7-5-3-1-2-4-6-5;2*1-4(2)3/h1-8H;1-4H;1-4H,(H,6,7);1H3;. The van der Waals surface area contributed by atoms with Gasteiger partial charge in [-0.3, -0.25) is 14.2 Å². The molecule has 0 aliphatic carbocycles. The van der Waals surface area contributed by atoms with Gasteiger partial charge in [-0.15, -0.1) is 0 Å². The molecule has 14 heteroatoms. The first-order chi connectivity index (χ1) is 17.4. The molecule has 0 saturated carbocycles. The Morgan fingerprint density at radius 2 is 1.11 bits per heavy atom. The third-order valence-electron chi connectivity index (χ3n) is 3.41. The number of H-pyrrole nitrogens is 1. The van der Waals surface area contributed by atoms with E-state index in [2.05, 4.69) is 139 Å². The van der Waals surface area contributed by atoms with Crippen LogP contribution in [0.15, 0.2) is 107 Å². The monoisotopic (exact) mass is 1520 g/mol. The summed E-state index contributed by atoms with van der Waals surface area (Å²) in [4.78, 5) is 26.5. The molecule has 0 bridgehead atoms. The van der Waals surface area contributed by atoms with E-state index in [9.17, 15) is 12.4 Å². The normalized spacial score (nSPS) is 9.86. The van der Waals surface area contributed by atoms with Crippen molar-refractivity contribution in [3.63, 3.8) is 0 Å². The van der Waals surface area contributed by atoms with Gasteiger partial charge in [-0.25, -0.2) is 0 Å². The van der Waals surface area contributed by atoms with Crippen molar-refractivity contribution in [2.75, 3.05) is 4.93 Å². The van der Waals surface area contributed by atoms with Crippen molar-refractivity contribution >= 4 is 167 Å². The van der Waals surface area contributed by atoms with E-state index in [0.29, 0.717) is 0 Å². The number of nitrogens with zero attached hydrogens (tertiary/aromatic N) is 1. The van der Waals surface area contributed by atoms with Crippen LogP contribution in [0.2, 0.25) is 0 Å². The third kappa shape index (κ3) is 25.1. The molecule has 0 atom stereocenters. The van der Waals surface area contributed by atoms with E-state index in [0.717, 1.165) is 9.26 Å². The maximum Gasteiger partial charge on any atom is 0.255 e. The number of hydrogen-bond acceptors (Lipinski definition) is 2. The summed E-state index contributed by atoms with van der Waals surface area (Å²) in [5, 5.41) is 0. The SMILES string of the molecule is CI(I)I.FI(I)I.Ic1ccc(I)cc1.O=c1cccc[nH]1.O=c1ccccn1-c1ccc(I)cc1. The summed E-state index contributed by atoms with van der Waals surface area (Å²) in [5.41, 5.74) is 0.840. The molecular weight excluding hydrogens is 1500 g/mol. The van der Waals surface area contributed by atoms with Crippen LogP contribution in [0, 0.1) is 10.7 Å². The molecule has 0 aliphatic rings. The molecule has 0 aliphatic heterocycles. The quantitative estimate of drug-likeness (QED) is 0.153. The average Bonchev–Trinajstić information content (AvgIpc) is 2.83. The van der Waals surface area contributed by atoms with Gasteiger partial charge in [0, 0.05) is 40.9 Å². The first-order valence-corrected chi connectivity index (χ1v) is 40.9. The largest absolute Gasteiger partial charge is 0.329 e. The van der Waals surface area contributed by atoms with Gasteiger partial charge >= 0.3 is 107 Å². The molecule has 2 aromatic carbocycles. The van der Waals surface area contributed by atoms with Crippen molar-refractivity contribution in [3.05, 3.63) is 129 Å². The molecule has 1 N–H and O–H groups in total. The Morgan fingerprint density at radius 1 is 0.703 bits per heavy atom. The Labute approximate surface area is 311 Å². The second-order valence-electron chi connectivity index (χ2n) is 6.05. The zero-order valence-electron chi connectivity index (χ0n) is 18.8. The number of nitrogens with one attached hydrogen (secondary N) is 1. The summed E-state index contributed by atoms with van der Waals surface area (Å²) >= 11 is 13.3. The second kappa shape index (κ2) is 25.3. The Morgan fingerprint density at radius 3 is 1.43 bits per heavy atom. The Hall–Kier alpha value is 2.84. The van der Waals surface area contributed by atoms with Gasteiger partial charge in [-0.2, -0.15) is 0 Å². The number of aromatic nitrogens is 2. The molecule has 4 aromatic rings. The van der Waals surface area contributed by atoms with Crippen molar-refractivity contribution in [1.29, 1.82) is 0 Å². The van der Waals surface area contributed by atoms with Crippen molar-refractivity contribution in [1.82, 2.24) is 9.55 Å². The van der Waals surface area contributed by atoms with Crippen molar-refractivity contribution < 1.29 is 2.86 Å². The van der Waals surface area contributed by atoms with E-state index in [1.807, 2.05) is 67.6 Å². The molecule has 0 spiro atoms. The fourth-order valence-corrected chi connectivity index (χ4v) is 3.13. The van der Waals surface area contributed by atoms with Crippen molar-refractivity contribution in [2.24, 2.45) is 0 Å². The van der Waals surface area contributed by atoms with E-state index in [1.165, 1.54) is 13.2 Å². The van der Waals surface area contributed by atoms with E-state index in [1.54, 1.807) is 41.2 Å². The van der Waals surface area contributed by atoms with E-state index < -0.39 is 12.4 Å². The number of pyridine rings is 2. The van der Waals surface area contributed by atoms with Gasteiger partial charge in [0.15, 0.2) is 0 Å². The van der Waals surface area contributed by atoms with E-state index in [-0.39, 0.29) is 23.0 Å². The molecule has 4 rings (SSSR count). The zero-order chi connectivity index (χ0) is 28.2. The Balaban J connectivity index is 0.000000484. The van der Waals surface area contributed by atoms with Gasteiger partial charge in [-0.05, 0) is 128 Å². The summed E-state index contributed by atoms with van der Waals surface area (Å²) in [5.74, 6) is 0. The molecule has 4 nitrogen and oxygen atoms in total. The number of aromatic amines is 1. The minimum Gasteiger partial charge on any atom is -0.329 e. The van der Waals surface area contributed by atoms with Crippen LogP contribution in [0.1, 0.15) is 0 Å². The van der Waals surface area contributed by atoms with Crippen molar-refractivity contribution in [2.45, 2.75) is 0 Å². The Bertz CT molecular complexity index is 1190. The zero-order valence-corrected chi connectivity index (χ0v) is 38.2. The smallest absolute Gasteiger partial charge is 0.255 e. The first-order valence-electron chi connectivity index (χ1n) is 9.53. The summed E-state index contributed by atoms with van der Waals surface area (Å²) in [6.45, 7) is 0. The van der Waals surface area contributed by atoms with Crippen LogP contribution in [0.25, 0.3) is 5.69 Å². The van der Waals surface area contributed by atoms with Crippen molar-refractivity contribution in [3.8, 4) is 5.69 Å². The third-order valence-corrected chi connectivity index (χ3v) is 5.57. The topological polar surface area (TPSA) is 54.9 Å². The molecule has 0 amide bonds. The summed E-state index contributed by atoms with van der Waals surface area (Å²) in [6.07, 6.45) is 3.37. The summed E-state index contributed by atoms with van der Waals surface area (Å²) < 4.78 is 16.5. The van der Waals surface area contributed by atoms with Gasteiger partial charge in [0.25, 0.3) is 5.56 Å². The molecule has 2 heterocycles. The van der Waals surface area contributed by atoms with Gasteiger partial charge in [0.05, 0.1) is 0 Å². The van der Waals surface area contributed by atoms with Gasteiger partial charge in [0.1, 0.15) is 0 Å². The Kier molecular flexibility index (Phi) is 27.3. The maximum atomic E-state index is 11.5.